The third-order valence-corrected chi connectivity index (χ3v) is 3.99. The first kappa shape index (κ1) is 13.0. The number of nitrogens with zero attached hydrogens (tertiary/aromatic N) is 4. The zero-order valence-electron chi connectivity index (χ0n) is 11.2. The average Bonchev–Trinajstić information content (AvgIpc) is 3.11. The standard InChI is InChI=1S/C13H15N5OS/c1-9-7-14-13(20-9)17-12(19)10-6-11(16-8-15-10)18-4-2-3-5-18/h6-8H,2-5H2,1H3,(H,14,17,19). The van der Waals surface area contributed by atoms with Crippen molar-refractivity contribution >= 4 is 28.2 Å². The van der Waals surface area contributed by atoms with Gasteiger partial charge in [-0.05, 0) is 19.8 Å². The molecule has 0 bridgehead atoms. The Morgan fingerprint density at radius 3 is 2.80 bits per heavy atom. The minimum absolute atomic E-state index is 0.248. The highest BCUT2D eigenvalue weighted by molar-refractivity contribution is 7.15. The van der Waals surface area contributed by atoms with Gasteiger partial charge < -0.3 is 4.90 Å². The van der Waals surface area contributed by atoms with Crippen molar-refractivity contribution in [3.8, 4) is 0 Å². The number of hydrogen-bond acceptors (Lipinski definition) is 6. The maximum absolute atomic E-state index is 12.1. The third kappa shape index (κ3) is 2.77. The Morgan fingerprint density at radius 1 is 1.30 bits per heavy atom. The predicted molar refractivity (Wildman–Crippen MR) is 78.3 cm³/mol. The molecule has 0 radical (unpaired) electrons. The molecule has 20 heavy (non-hydrogen) atoms. The highest BCUT2D eigenvalue weighted by Gasteiger charge is 2.16. The van der Waals surface area contributed by atoms with E-state index in [1.807, 2.05) is 6.92 Å². The Balaban J connectivity index is 1.75. The number of amides is 1. The summed E-state index contributed by atoms with van der Waals surface area (Å²) in [5.41, 5.74) is 0.370. The number of thiazole rings is 1. The van der Waals surface area contributed by atoms with Crippen LogP contribution in [0.25, 0.3) is 0 Å². The number of aromatic nitrogens is 3. The van der Waals surface area contributed by atoms with Gasteiger partial charge in [-0.3, -0.25) is 10.1 Å². The lowest BCUT2D eigenvalue weighted by molar-refractivity contribution is 0.102. The molecule has 1 aliphatic heterocycles. The number of hydrogen-bond donors (Lipinski definition) is 1. The van der Waals surface area contributed by atoms with Crippen LogP contribution < -0.4 is 10.2 Å². The zero-order chi connectivity index (χ0) is 13.9. The van der Waals surface area contributed by atoms with Gasteiger partial charge in [-0.2, -0.15) is 0 Å². The fourth-order valence-electron chi connectivity index (χ4n) is 2.16. The summed E-state index contributed by atoms with van der Waals surface area (Å²) < 4.78 is 0. The van der Waals surface area contributed by atoms with Crippen LogP contribution in [0.3, 0.4) is 0 Å². The van der Waals surface area contributed by atoms with Crippen molar-refractivity contribution < 1.29 is 4.79 Å². The average molecular weight is 289 g/mol. The molecule has 1 saturated heterocycles. The molecule has 0 aliphatic carbocycles. The van der Waals surface area contributed by atoms with E-state index in [-0.39, 0.29) is 5.91 Å². The van der Waals surface area contributed by atoms with Crippen LogP contribution in [0.15, 0.2) is 18.6 Å². The monoisotopic (exact) mass is 289 g/mol. The summed E-state index contributed by atoms with van der Waals surface area (Å²) in [5, 5.41) is 3.35. The van der Waals surface area contributed by atoms with Gasteiger partial charge in [0.15, 0.2) is 5.13 Å². The van der Waals surface area contributed by atoms with Crippen molar-refractivity contribution in [2.24, 2.45) is 0 Å². The first-order valence-electron chi connectivity index (χ1n) is 6.53. The van der Waals surface area contributed by atoms with E-state index in [1.54, 1.807) is 12.3 Å². The van der Waals surface area contributed by atoms with E-state index < -0.39 is 0 Å². The molecule has 3 rings (SSSR count). The summed E-state index contributed by atoms with van der Waals surface area (Å²) in [6.45, 7) is 3.93. The molecular weight excluding hydrogens is 274 g/mol. The molecule has 1 N–H and O–H groups in total. The fraction of sp³-hybridized carbons (Fsp3) is 0.385. The molecule has 1 amide bonds. The Labute approximate surface area is 120 Å². The molecule has 1 fully saturated rings. The van der Waals surface area contributed by atoms with Crippen LogP contribution in [-0.4, -0.2) is 33.9 Å². The molecule has 3 heterocycles. The van der Waals surface area contributed by atoms with E-state index in [4.69, 9.17) is 0 Å². The summed E-state index contributed by atoms with van der Waals surface area (Å²) in [6, 6.07) is 1.74. The van der Waals surface area contributed by atoms with Crippen molar-refractivity contribution in [3.05, 3.63) is 29.2 Å². The van der Waals surface area contributed by atoms with Crippen LogP contribution in [0.1, 0.15) is 28.2 Å². The van der Waals surface area contributed by atoms with Gasteiger partial charge in [0.2, 0.25) is 0 Å². The smallest absolute Gasteiger partial charge is 0.276 e. The zero-order valence-corrected chi connectivity index (χ0v) is 12.0. The quantitative estimate of drug-likeness (QED) is 0.937. The van der Waals surface area contributed by atoms with Crippen molar-refractivity contribution in [2.75, 3.05) is 23.3 Å². The molecule has 0 saturated carbocycles. The summed E-state index contributed by atoms with van der Waals surface area (Å²) in [7, 11) is 0. The van der Waals surface area contributed by atoms with Gasteiger partial charge in [0.1, 0.15) is 17.8 Å². The Kier molecular flexibility index (Phi) is 3.60. The van der Waals surface area contributed by atoms with Crippen LogP contribution in [0.2, 0.25) is 0 Å². The highest BCUT2D eigenvalue weighted by Crippen LogP contribution is 2.19. The third-order valence-electron chi connectivity index (χ3n) is 3.16. The van der Waals surface area contributed by atoms with E-state index in [2.05, 4.69) is 25.2 Å². The first-order valence-corrected chi connectivity index (χ1v) is 7.35. The lowest BCUT2D eigenvalue weighted by atomic mass is 10.3. The molecule has 0 spiro atoms. The second-order valence-electron chi connectivity index (χ2n) is 4.69. The second-order valence-corrected chi connectivity index (χ2v) is 5.92. The van der Waals surface area contributed by atoms with Gasteiger partial charge in [-0.1, -0.05) is 0 Å². The molecule has 2 aromatic heterocycles. The predicted octanol–water partition coefficient (Wildman–Crippen LogP) is 2.09. The van der Waals surface area contributed by atoms with Crippen LogP contribution in [0, 0.1) is 6.92 Å². The summed E-state index contributed by atoms with van der Waals surface area (Å²) >= 11 is 1.44. The Bertz CT molecular complexity index is 621. The number of nitrogens with one attached hydrogen (secondary N) is 1. The van der Waals surface area contributed by atoms with E-state index in [9.17, 15) is 4.79 Å². The first-order chi connectivity index (χ1) is 9.72. The molecule has 0 unspecified atom stereocenters. The van der Waals surface area contributed by atoms with Crippen molar-refractivity contribution in [3.63, 3.8) is 0 Å². The van der Waals surface area contributed by atoms with Gasteiger partial charge in [0, 0.05) is 30.2 Å². The highest BCUT2D eigenvalue weighted by atomic mass is 32.1. The number of carbonyl (C=O) groups excluding carboxylic acids is 1. The van der Waals surface area contributed by atoms with Gasteiger partial charge in [-0.25, -0.2) is 15.0 Å². The van der Waals surface area contributed by atoms with Crippen molar-refractivity contribution in [1.82, 2.24) is 15.0 Å². The summed E-state index contributed by atoms with van der Waals surface area (Å²) in [4.78, 5) is 27.8. The number of anilines is 2. The largest absolute Gasteiger partial charge is 0.357 e. The number of carbonyl (C=O) groups is 1. The topological polar surface area (TPSA) is 71.0 Å². The fourth-order valence-corrected chi connectivity index (χ4v) is 2.82. The molecule has 1 aliphatic rings. The molecule has 0 aromatic carbocycles. The Hall–Kier alpha value is -2.02. The normalized spacial score (nSPS) is 14.6. The maximum atomic E-state index is 12.1. The minimum atomic E-state index is -0.248. The van der Waals surface area contributed by atoms with Crippen molar-refractivity contribution in [1.29, 1.82) is 0 Å². The minimum Gasteiger partial charge on any atom is -0.357 e. The molecule has 2 aromatic rings. The van der Waals surface area contributed by atoms with E-state index in [0.29, 0.717) is 10.8 Å². The number of rotatable bonds is 3. The van der Waals surface area contributed by atoms with Crippen LogP contribution in [0.5, 0.6) is 0 Å². The van der Waals surface area contributed by atoms with Gasteiger partial charge in [0.25, 0.3) is 5.91 Å². The lowest BCUT2D eigenvalue weighted by Gasteiger charge is -2.16. The van der Waals surface area contributed by atoms with Gasteiger partial charge in [-0.15, -0.1) is 11.3 Å². The molecule has 6 nitrogen and oxygen atoms in total. The second kappa shape index (κ2) is 5.54. The molecule has 7 heteroatoms. The van der Waals surface area contributed by atoms with Crippen molar-refractivity contribution in [2.45, 2.75) is 19.8 Å². The van der Waals surface area contributed by atoms with Gasteiger partial charge in [0.05, 0.1) is 0 Å². The SMILES string of the molecule is Cc1cnc(NC(=O)c2cc(N3CCCC3)ncn2)s1. The lowest BCUT2D eigenvalue weighted by Crippen LogP contribution is -2.21. The van der Waals surface area contributed by atoms with E-state index in [1.165, 1.54) is 30.5 Å². The van der Waals surface area contributed by atoms with Crippen LogP contribution >= 0.6 is 11.3 Å². The summed E-state index contributed by atoms with van der Waals surface area (Å²) in [5.74, 6) is 0.570. The van der Waals surface area contributed by atoms with E-state index in [0.717, 1.165) is 23.8 Å². The van der Waals surface area contributed by atoms with Crippen LogP contribution in [-0.2, 0) is 0 Å². The van der Waals surface area contributed by atoms with E-state index >= 15 is 0 Å². The molecule has 0 atom stereocenters. The molecular formula is C13H15N5OS. The van der Waals surface area contributed by atoms with Gasteiger partial charge >= 0.3 is 0 Å². The maximum Gasteiger partial charge on any atom is 0.276 e. The summed E-state index contributed by atoms with van der Waals surface area (Å²) in [6.07, 6.45) is 5.51. The number of aryl methyl sites for hydroxylation is 1. The Morgan fingerprint density at radius 2 is 2.10 bits per heavy atom. The van der Waals surface area contributed by atoms with Crippen LogP contribution in [0.4, 0.5) is 10.9 Å². The molecule has 104 valence electrons.